The number of ether oxygens (including phenoxy) is 1. The second-order valence-electron chi connectivity index (χ2n) is 7.18. The zero-order valence-electron chi connectivity index (χ0n) is 17.2. The van der Waals surface area contributed by atoms with Gasteiger partial charge in [-0.25, -0.2) is 4.98 Å². The summed E-state index contributed by atoms with van der Waals surface area (Å²) in [5, 5.41) is 3.68. The lowest BCUT2D eigenvalue weighted by atomic mass is 10.0. The highest BCUT2D eigenvalue weighted by atomic mass is 35.5. The molecule has 7 heteroatoms. The molecule has 2 N–H and O–H groups in total. The minimum Gasteiger partial charge on any atom is -0.496 e. The summed E-state index contributed by atoms with van der Waals surface area (Å²) in [5.41, 5.74) is 3.15. The number of H-pyrrole nitrogens is 1. The lowest BCUT2D eigenvalue weighted by molar-refractivity contribution is -0.121. The van der Waals surface area contributed by atoms with Gasteiger partial charge in [0.2, 0.25) is 5.91 Å². The van der Waals surface area contributed by atoms with E-state index in [9.17, 15) is 9.59 Å². The Bertz CT molecular complexity index is 1090. The molecule has 156 valence electrons. The highest BCUT2D eigenvalue weighted by Crippen LogP contribution is 2.21. The van der Waals surface area contributed by atoms with Crippen LogP contribution in [0.5, 0.6) is 5.75 Å². The van der Waals surface area contributed by atoms with E-state index in [0.29, 0.717) is 23.0 Å². The number of hydrogen-bond acceptors (Lipinski definition) is 4. The summed E-state index contributed by atoms with van der Waals surface area (Å²) in [4.78, 5) is 31.6. The SMILES string of the molecule is COc1ccc(CC(=O)N[C@H](Cc2cc(=O)[nH]c(C)n2)c2ccc(Cl)cc2)cc1C. The van der Waals surface area contributed by atoms with Gasteiger partial charge in [0.05, 0.1) is 25.3 Å². The first-order chi connectivity index (χ1) is 14.3. The predicted octanol–water partition coefficient (Wildman–Crippen LogP) is 3.69. The van der Waals surface area contributed by atoms with Gasteiger partial charge in [0.25, 0.3) is 5.56 Å². The Balaban J connectivity index is 1.80. The van der Waals surface area contributed by atoms with Crippen molar-refractivity contribution in [2.24, 2.45) is 0 Å². The lowest BCUT2D eigenvalue weighted by Gasteiger charge is -2.19. The van der Waals surface area contributed by atoms with Crippen molar-refractivity contribution in [1.82, 2.24) is 15.3 Å². The van der Waals surface area contributed by atoms with Crippen LogP contribution in [0.2, 0.25) is 5.02 Å². The second-order valence-corrected chi connectivity index (χ2v) is 7.62. The number of nitrogens with one attached hydrogen (secondary N) is 2. The van der Waals surface area contributed by atoms with Crippen LogP contribution in [0.15, 0.2) is 53.3 Å². The summed E-state index contributed by atoms with van der Waals surface area (Å²) < 4.78 is 5.28. The van der Waals surface area contributed by atoms with E-state index in [1.54, 1.807) is 26.2 Å². The van der Waals surface area contributed by atoms with E-state index >= 15 is 0 Å². The largest absolute Gasteiger partial charge is 0.496 e. The van der Waals surface area contributed by atoms with E-state index in [1.807, 2.05) is 37.3 Å². The topological polar surface area (TPSA) is 84.1 Å². The molecule has 0 aliphatic heterocycles. The van der Waals surface area contributed by atoms with Crippen LogP contribution in [-0.4, -0.2) is 23.0 Å². The molecule has 1 amide bonds. The van der Waals surface area contributed by atoms with E-state index in [-0.39, 0.29) is 23.9 Å². The standard InChI is InChI=1S/C23H24ClN3O3/c1-14-10-16(4-9-21(14)30-3)11-22(28)27-20(17-5-7-18(24)8-6-17)12-19-13-23(29)26-15(2)25-19/h4-10,13,20H,11-12H2,1-3H3,(H,27,28)(H,25,26,29)/t20-/m1/s1. The van der Waals surface area contributed by atoms with Gasteiger partial charge >= 0.3 is 0 Å². The fraction of sp³-hybridized carbons (Fsp3) is 0.261. The third-order valence-corrected chi connectivity index (χ3v) is 5.01. The fourth-order valence-corrected chi connectivity index (χ4v) is 3.51. The molecule has 0 saturated heterocycles. The van der Waals surface area contributed by atoms with Gasteiger partial charge in [-0.05, 0) is 48.7 Å². The summed E-state index contributed by atoms with van der Waals surface area (Å²) in [6.45, 7) is 3.67. The van der Waals surface area contributed by atoms with Crippen molar-refractivity contribution in [3.05, 3.63) is 92.1 Å². The fourth-order valence-electron chi connectivity index (χ4n) is 3.38. The molecule has 0 fully saturated rings. The normalized spacial score (nSPS) is 11.7. The van der Waals surface area contributed by atoms with Gasteiger partial charge in [-0.15, -0.1) is 0 Å². The van der Waals surface area contributed by atoms with Crippen LogP contribution < -0.4 is 15.6 Å². The lowest BCUT2D eigenvalue weighted by Crippen LogP contribution is -2.31. The Morgan fingerprint density at radius 3 is 2.53 bits per heavy atom. The number of carbonyl (C=O) groups is 1. The number of aryl methyl sites for hydroxylation is 2. The first kappa shape index (κ1) is 21.6. The maximum absolute atomic E-state index is 12.8. The second kappa shape index (κ2) is 9.59. The van der Waals surface area contributed by atoms with Crippen molar-refractivity contribution in [1.29, 1.82) is 0 Å². The molecule has 0 aliphatic rings. The maximum Gasteiger partial charge on any atom is 0.251 e. The molecule has 1 aromatic heterocycles. The monoisotopic (exact) mass is 425 g/mol. The number of carbonyl (C=O) groups excluding carboxylic acids is 1. The molecule has 0 aliphatic carbocycles. The summed E-state index contributed by atoms with van der Waals surface area (Å²) in [6.07, 6.45) is 0.622. The van der Waals surface area contributed by atoms with Gasteiger partial charge in [0, 0.05) is 17.5 Å². The first-order valence-corrected chi connectivity index (χ1v) is 9.97. The summed E-state index contributed by atoms with van der Waals surface area (Å²) in [7, 11) is 1.62. The molecule has 0 saturated carbocycles. The van der Waals surface area contributed by atoms with Crippen LogP contribution in [0.4, 0.5) is 0 Å². The summed E-state index contributed by atoms with van der Waals surface area (Å²) >= 11 is 6.02. The van der Waals surface area contributed by atoms with Gasteiger partial charge in [-0.2, -0.15) is 0 Å². The Labute approximate surface area is 180 Å². The predicted molar refractivity (Wildman–Crippen MR) is 117 cm³/mol. The van der Waals surface area contributed by atoms with Crippen molar-refractivity contribution in [2.75, 3.05) is 7.11 Å². The van der Waals surface area contributed by atoms with Crippen molar-refractivity contribution in [3.8, 4) is 5.75 Å². The maximum atomic E-state index is 12.8. The van der Waals surface area contributed by atoms with Crippen LogP contribution in [0.1, 0.15) is 34.3 Å². The number of hydrogen-bond donors (Lipinski definition) is 2. The number of methoxy groups -OCH3 is 1. The third kappa shape index (κ3) is 5.70. The highest BCUT2D eigenvalue weighted by Gasteiger charge is 2.17. The Morgan fingerprint density at radius 2 is 1.90 bits per heavy atom. The number of aromatic nitrogens is 2. The zero-order valence-corrected chi connectivity index (χ0v) is 17.9. The molecule has 2 aromatic carbocycles. The van der Waals surface area contributed by atoms with Crippen LogP contribution in [0, 0.1) is 13.8 Å². The van der Waals surface area contributed by atoms with Gasteiger partial charge in [-0.1, -0.05) is 35.9 Å². The van der Waals surface area contributed by atoms with Gasteiger partial charge < -0.3 is 15.0 Å². The van der Waals surface area contributed by atoms with E-state index in [2.05, 4.69) is 15.3 Å². The minimum absolute atomic E-state index is 0.124. The number of amides is 1. The number of benzene rings is 2. The number of nitrogens with zero attached hydrogens (tertiary/aromatic N) is 1. The number of rotatable bonds is 7. The van der Waals surface area contributed by atoms with Crippen LogP contribution in [0.25, 0.3) is 0 Å². The van der Waals surface area contributed by atoms with Crippen LogP contribution >= 0.6 is 11.6 Å². The van der Waals surface area contributed by atoms with E-state index in [4.69, 9.17) is 16.3 Å². The van der Waals surface area contributed by atoms with E-state index in [1.165, 1.54) is 6.07 Å². The molecule has 0 spiro atoms. The molecule has 0 bridgehead atoms. The van der Waals surface area contributed by atoms with Crippen molar-refractivity contribution in [2.45, 2.75) is 32.7 Å². The highest BCUT2D eigenvalue weighted by molar-refractivity contribution is 6.30. The molecule has 30 heavy (non-hydrogen) atoms. The average molecular weight is 426 g/mol. The van der Waals surface area contributed by atoms with Crippen molar-refractivity contribution < 1.29 is 9.53 Å². The Hall–Kier alpha value is -3.12. The molecule has 1 atom stereocenters. The smallest absolute Gasteiger partial charge is 0.251 e. The van der Waals surface area contributed by atoms with Gasteiger partial charge in [0.15, 0.2) is 0 Å². The third-order valence-electron chi connectivity index (χ3n) is 4.76. The quantitative estimate of drug-likeness (QED) is 0.604. The molecular weight excluding hydrogens is 402 g/mol. The van der Waals surface area contributed by atoms with Gasteiger partial charge in [-0.3, -0.25) is 9.59 Å². The van der Waals surface area contributed by atoms with E-state index in [0.717, 1.165) is 22.4 Å². The molecule has 6 nitrogen and oxygen atoms in total. The van der Waals surface area contributed by atoms with Crippen LogP contribution in [-0.2, 0) is 17.6 Å². The van der Waals surface area contributed by atoms with E-state index < -0.39 is 0 Å². The number of aromatic amines is 1. The Kier molecular flexibility index (Phi) is 6.90. The van der Waals surface area contributed by atoms with Crippen LogP contribution in [0.3, 0.4) is 0 Å². The van der Waals surface area contributed by atoms with Gasteiger partial charge in [0.1, 0.15) is 11.6 Å². The first-order valence-electron chi connectivity index (χ1n) is 9.59. The summed E-state index contributed by atoms with van der Waals surface area (Å²) in [6, 6.07) is 14.1. The van der Waals surface area contributed by atoms with Crippen molar-refractivity contribution >= 4 is 17.5 Å². The average Bonchev–Trinajstić information content (AvgIpc) is 2.67. The summed E-state index contributed by atoms with van der Waals surface area (Å²) in [5.74, 6) is 1.20. The molecule has 1 heterocycles. The van der Waals surface area contributed by atoms with Crippen molar-refractivity contribution in [3.63, 3.8) is 0 Å². The molecule has 0 radical (unpaired) electrons. The number of halogens is 1. The molecule has 0 unspecified atom stereocenters. The molecule has 3 aromatic rings. The zero-order chi connectivity index (χ0) is 21.7. The minimum atomic E-state index is -0.345. The Morgan fingerprint density at radius 1 is 1.17 bits per heavy atom. The molecule has 3 rings (SSSR count). The molecular formula is C23H24ClN3O3.